The number of hydrogen-bond acceptors (Lipinski definition) is 4. The zero-order chi connectivity index (χ0) is 21.2. The van der Waals surface area contributed by atoms with Crippen molar-refractivity contribution in [1.29, 1.82) is 0 Å². The van der Waals surface area contributed by atoms with Gasteiger partial charge in [-0.15, -0.1) is 0 Å². The van der Waals surface area contributed by atoms with E-state index in [-0.39, 0.29) is 11.7 Å². The van der Waals surface area contributed by atoms with Gasteiger partial charge in [-0.05, 0) is 35.9 Å². The standard InChI is InChI=1S/C20H21F3N2O3S/c1-29(27,28)14-15-5-7-16(8-6-15)19(26)25-11-9-24(10-12-25)18-4-2-3-17(13-18)20(21,22)23/h2-8,13H,9-12,14H2,1H3. The second-order valence-electron chi connectivity index (χ2n) is 7.09. The van der Waals surface area contributed by atoms with Crippen LogP contribution in [0.4, 0.5) is 18.9 Å². The molecule has 0 aliphatic carbocycles. The Balaban J connectivity index is 1.63. The molecule has 0 radical (unpaired) electrons. The highest BCUT2D eigenvalue weighted by atomic mass is 32.2. The quantitative estimate of drug-likeness (QED) is 0.754. The first kappa shape index (κ1) is 21.2. The number of alkyl halides is 3. The molecule has 1 heterocycles. The van der Waals surface area contributed by atoms with E-state index in [0.29, 0.717) is 43.0 Å². The number of benzene rings is 2. The van der Waals surface area contributed by atoms with Crippen LogP contribution in [-0.4, -0.2) is 51.7 Å². The first-order chi connectivity index (χ1) is 13.5. The summed E-state index contributed by atoms with van der Waals surface area (Å²) in [6.07, 6.45) is -3.24. The average molecular weight is 426 g/mol. The van der Waals surface area contributed by atoms with E-state index >= 15 is 0 Å². The van der Waals surface area contributed by atoms with Crippen LogP contribution in [0.25, 0.3) is 0 Å². The fourth-order valence-corrected chi connectivity index (χ4v) is 4.07. The van der Waals surface area contributed by atoms with Gasteiger partial charge in [0.05, 0.1) is 11.3 Å². The molecule has 0 bridgehead atoms. The van der Waals surface area contributed by atoms with Crippen LogP contribution in [0.15, 0.2) is 48.5 Å². The van der Waals surface area contributed by atoms with Crippen molar-refractivity contribution < 1.29 is 26.4 Å². The Labute approximate surface area is 167 Å². The minimum atomic E-state index is -4.39. The smallest absolute Gasteiger partial charge is 0.368 e. The Hall–Kier alpha value is -2.55. The molecule has 1 saturated heterocycles. The largest absolute Gasteiger partial charge is 0.416 e. The summed E-state index contributed by atoms with van der Waals surface area (Å²) in [5.41, 5.74) is 0.855. The Morgan fingerprint density at radius 2 is 1.62 bits per heavy atom. The molecule has 2 aromatic rings. The Morgan fingerprint density at radius 1 is 1.00 bits per heavy atom. The van der Waals surface area contributed by atoms with Crippen LogP contribution < -0.4 is 4.90 Å². The maximum atomic E-state index is 12.9. The first-order valence-corrected chi connectivity index (χ1v) is 11.1. The summed E-state index contributed by atoms with van der Waals surface area (Å²) in [5, 5.41) is 0. The van der Waals surface area contributed by atoms with Crippen molar-refractivity contribution in [2.45, 2.75) is 11.9 Å². The van der Waals surface area contributed by atoms with Crippen LogP contribution in [0.3, 0.4) is 0 Å². The van der Waals surface area contributed by atoms with Crippen molar-refractivity contribution in [3.8, 4) is 0 Å². The summed E-state index contributed by atoms with van der Waals surface area (Å²) in [5.74, 6) is -0.267. The van der Waals surface area contributed by atoms with E-state index in [0.717, 1.165) is 18.4 Å². The summed E-state index contributed by atoms with van der Waals surface area (Å²) in [6, 6.07) is 11.6. The van der Waals surface area contributed by atoms with Gasteiger partial charge in [0.15, 0.2) is 9.84 Å². The maximum absolute atomic E-state index is 12.9. The fraction of sp³-hybridized carbons (Fsp3) is 0.350. The van der Waals surface area contributed by atoms with Gasteiger partial charge in [-0.2, -0.15) is 13.2 Å². The van der Waals surface area contributed by atoms with E-state index < -0.39 is 21.6 Å². The van der Waals surface area contributed by atoms with Gasteiger partial charge in [0, 0.05) is 43.7 Å². The highest BCUT2D eigenvalue weighted by molar-refractivity contribution is 7.89. The lowest BCUT2D eigenvalue weighted by molar-refractivity contribution is -0.137. The van der Waals surface area contributed by atoms with E-state index in [1.54, 1.807) is 35.2 Å². The van der Waals surface area contributed by atoms with E-state index in [9.17, 15) is 26.4 Å². The van der Waals surface area contributed by atoms with Gasteiger partial charge in [-0.25, -0.2) is 8.42 Å². The Morgan fingerprint density at radius 3 is 2.17 bits per heavy atom. The number of carbonyl (C=O) groups is 1. The third-order valence-corrected chi connectivity index (χ3v) is 5.59. The molecule has 5 nitrogen and oxygen atoms in total. The fourth-order valence-electron chi connectivity index (χ4n) is 3.28. The van der Waals surface area contributed by atoms with Gasteiger partial charge < -0.3 is 9.80 Å². The first-order valence-electron chi connectivity index (χ1n) is 9.01. The van der Waals surface area contributed by atoms with Crippen molar-refractivity contribution in [2.24, 2.45) is 0 Å². The molecular formula is C20H21F3N2O3S. The van der Waals surface area contributed by atoms with Gasteiger partial charge in [0.1, 0.15) is 0 Å². The number of carbonyl (C=O) groups excluding carboxylic acids is 1. The van der Waals surface area contributed by atoms with Crippen LogP contribution in [0.5, 0.6) is 0 Å². The monoisotopic (exact) mass is 426 g/mol. The van der Waals surface area contributed by atoms with Crippen LogP contribution >= 0.6 is 0 Å². The minimum Gasteiger partial charge on any atom is -0.368 e. The molecule has 156 valence electrons. The molecule has 0 N–H and O–H groups in total. The lowest BCUT2D eigenvalue weighted by atomic mass is 10.1. The van der Waals surface area contributed by atoms with Gasteiger partial charge >= 0.3 is 6.18 Å². The molecule has 0 aromatic heterocycles. The molecule has 9 heteroatoms. The van der Waals surface area contributed by atoms with E-state index in [2.05, 4.69) is 0 Å². The lowest BCUT2D eigenvalue weighted by Gasteiger charge is -2.36. The second-order valence-corrected chi connectivity index (χ2v) is 9.23. The van der Waals surface area contributed by atoms with E-state index in [1.807, 2.05) is 4.90 Å². The SMILES string of the molecule is CS(=O)(=O)Cc1ccc(C(=O)N2CCN(c3cccc(C(F)(F)F)c3)CC2)cc1. The highest BCUT2D eigenvalue weighted by Gasteiger charge is 2.31. The number of anilines is 1. The highest BCUT2D eigenvalue weighted by Crippen LogP contribution is 2.32. The Bertz CT molecular complexity index is 981. The summed E-state index contributed by atoms with van der Waals surface area (Å²) in [6.45, 7) is 1.64. The maximum Gasteiger partial charge on any atom is 0.416 e. The van der Waals surface area contributed by atoms with E-state index in [4.69, 9.17) is 0 Å². The number of amides is 1. The van der Waals surface area contributed by atoms with E-state index in [1.165, 1.54) is 6.07 Å². The van der Waals surface area contributed by atoms with Gasteiger partial charge in [-0.3, -0.25) is 4.79 Å². The van der Waals surface area contributed by atoms with Crippen molar-refractivity contribution in [3.05, 3.63) is 65.2 Å². The molecular weight excluding hydrogens is 405 g/mol. The molecule has 0 saturated carbocycles. The number of halogens is 3. The number of rotatable bonds is 4. The summed E-state index contributed by atoms with van der Waals surface area (Å²) < 4.78 is 61.4. The summed E-state index contributed by atoms with van der Waals surface area (Å²) >= 11 is 0. The van der Waals surface area contributed by atoms with Gasteiger partial charge in [0.2, 0.25) is 0 Å². The Kier molecular flexibility index (Phi) is 5.88. The predicted octanol–water partition coefficient (Wildman–Crippen LogP) is 3.21. The third kappa shape index (κ3) is 5.50. The number of hydrogen-bond donors (Lipinski definition) is 0. The van der Waals surface area contributed by atoms with Gasteiger partial charge in [0.25, 0.3) is 5.91 Å². The molecule has 0 atom stereocenters. The molecule has 3 rings (SSSR count). The van der Waals surface area contributed by atoms with Crippen LogP contribution in [0.1, 0.15) is 21.5 Å². The zero-order valence-corrected chi connectivity index (χ0v) is 16.6. The minimum absolute atomic E-state index is 0.0862. The molecule has 1 aliphatic heterocycles. The van der Waals surface area contributed by atoms with Crippen molar-refractivity contribution in [3.63, 3.8) is 0 Å². The summed E-state index contributed by atoms with van der Waals surface area (Å²) in [7, 11) is -3.15. The van der Waals surface area contributed by atoms with Crippen LogP contribution in [0.2, 0.25) is 0 Å². The zero-order valence-electron chi connectivity index (χ0n) is 15.8. The van der Waals surface area contributed by atoms with Crippen LogP contribution in [0, 0.1) is 0 Å². The van der Waals surface area contributed by atoms with Crippen molar-refractivity contribution >= 4 is 21.4 Å². The normalized spacial score (nSPS) is 15.4. The third-order valence-electron chi connectivity index (χ3n) is 4.74. The van der Waals surface area contributed by atoms with Gasteiger partial charge in [-0.1, -0.05) is 18.2 Å². The lowest BCUT2D eigenvalue weighted by Crippen LogP contribution is -2.48. The number of sulfone groups is 1. The molecule has 2 aromatic carbocycles. The second kappa shape index (κ2) is 8.06. The van der Waals surface area contributed by atoms with Crippen molar-refractivity contribution in [1.82, 2.24) is 4.90 Å². The average Bonchev–Trinajstić information content (AvgIpc) is 2.66. The van der Waals surface area contributed by atoms with Crippen LogP contribution in [-0.2, 0) is 21.8 Å². The predicted molar refractivity (Wildman–Crippen MR) is 105 cm³/mol. The number of piperazine rings is 1. The molecule has 1 fully saturated rings. The molecule has 1 amide bonds. The van der Waals surface area contributed by atoms with Crippen molar-refractivity contribution in [2.75, 3.05) is 37.3 Å². The molecule has 1 aliphatic rings. The summed E-state index contributed by atoms with van der Waals surface area (Å²) in [4.78, 5) is 16.1. The topological polar surface area (TPSA) is 57.7 Å². The number of nitrogens with zero attached hydrogens (tertiary/aromatic N) is 2. The molecule has 0 unspecified atom stereocenters. The molecule has 0 spiro atoms. The molecule has 29 heavy (non-hydrogen) atoms.